The quantitative estimate of drug-likeness (QED) is 0.810. The van der Waals surface area contributed by atoms with Crippen LogP contribution in [-0.2, 0) is 15.9 Å². The Labute approximate surface area is 124 Å². The van der Waals surface area contributed by atoms with Crippen molar-refractivity contribution in [1.82, 2.24) is 0 Å². The number of rotatable bonds is 4. The topological polar surface area (TPSA) is 37.4 Å². The summed E-state index contributed by atoms with van der Waals surface area (Å²) in [6, 6.07) is 14.1. The predicted octanol–water partition coefficient (Wildman–Crippen LogP) is 3.56. The van der Waals surface area contributed by atoms with Gasteiger partial charge in [-0.2, -0.15) is 0 Å². The standard InChI is InChI=1S/C15H16ClNO2S/c1-12-5-3-7-14(9-12)17(2)20(18,19)15-8-4-6-13(10-15)11-16/h3-10H,11H2,1-2H3. The van der Waals surface area contributed by atoms with Crippen LogP contribution in [0.1, 0.15) is 11.1 Å². The minimum Gasteiger partial charge on any atom is -0.269 e. The Balaban J connectivity index is 2.43. The van der Waals surface area contributed by atoms with Gasteiger partial charge in [-0.05, 0) is 42.3 Å². The lowest BCUT2D eigenvalue weighted by molar-refractivity contribution is 0.594. The summed E-state index contributed by atoms with van der Waals surface area (Å²) in [5.41, 5.74) is 2.44. The van der Waals surface area contributed by atoms with E-state index in [0.717, 1.165) is 11.1 Å². The van der Waals surface area contributed by atoms with Crippen molar-refractivity contribution in [2.24, 2.45) is 0 Å². The molecule has 0 bridgehead atoms. The van der Waals surface area contributed by atoms with E-state index in [1.807, 2.05) is 25.1 Å². The molecule has 0 aromatic heterocycles. The van der Waals surface area contributed by atoms with E-state index in [0.29, 0.717) is 5.69 Å². The Morgan fingerprint density at radius 2 is 1.80 bits per heavy atom. The van der Waals surface area contributed by atoms with Crippen LogP contribution in [0.4, 0.5) is 5.69 Å². The molecule has 0 spiro atoms. The van der Waals surface area contributed by atoms with Crippen LogP contribution >= 0.6 is 11.6 Å². The van der Waals surface area contributed by atoms with Gasteiger partial charge in [-0.25, -0.2) is 8.42 Å². The van der Waals surface area contributed by atoms with Gasteiger partial charge in [-0.15, -0.1) is 11.6 Å². The molecule has 0 heterocycles. The predicted molar refractivity (Wildman–Crippen MR) is 82.8 cm³/mol. The molecule has 106 valence electrons. The Kier molecular flexibility index (Phi) is 4.35. The van der Waals surface area contributed by atoms with Gasteiger partial charge in [0.15, 0.2) is 0 Å². The van der Waals surface area contributed by atoms with E-state index in [1.54, 1.807) is 37.4 Å². The summed E-state index contributed by atoms with van der Waals surface area (Å²) in [5, 5.41) is 0. The SMILES string of the molecule is Cc1cccc(N(C)S(=O)(=O)c2cccc(CCl)c2)c1. The summed E-state index contributed by atoms with van der Waals surface area (Å²) in [6.45, 7) is 1.93. The molecule has 0 atom stereocenters. The van der Waals surface area contributed by atoms with E-state index in [2.05, 4.69) is 0 Å². The van der Waals surface area contributed by atoms with Crippen molar-refractivity contribution in [2.45, 2.75) is 17.7 Å². The molecule has 0 N–H and O–H groups in total. The van der Waals surface area contributed by atoms with Gasteiger partial charge in [-0.1, -0.05) is 24.3 Å². The summed E-state index contributed by atoms with van der Waals surface area (Å²) in [7, 11) is -2.01. The average molecular weight is 310 g/mol. The smallest absolute Gasteiger partial charge is 0.264 e. The van der Waals surface area contributed by atoms with Crippen molar-refractivity contribution >= 4 is 27.3 Å². The van der Waals surface area contributed by atoms with E-state index >= 15 is 0 Å². The van der Waals surface area contributed by atoms with Crippen molar-refractivity contribution in [3.63, 3.8) is 0 Å². The molecule has 3 nitrogen and oxygen atoms in total. The lowest BCUT2D eigenvalue weighted by Gasteiger charge is -2.20. The molecule has 2 aromatic carbocycles. The van der Waals surface area contributed by atoms with Crippen LogP contribution in [-0.4, -0.2) is 15.5 Å². The molecule has 2 rings (SSSR count). The number of hydrogen-bond donors (Lipinski definition) is 0. The normalized spacial score (nSPS) is 11.3. The zero-order chi connectivity index (χ0) is 14.8. The first-order valence-electron chi connectivity index (χ1n) is 6.15. The third-order valence-corrected chi connectivity index (χ3v) is 5.17. The van der Waals surface area contributed by atoms with Gasteiger partial charge in [0.2, 0.25) is 0 Å². The number of sulfonamides is 1. The fourth-order valence-corrected chi connectivity index (χ4v) is 3.33. The Morgan fingerprint density at radius 3 is 2.45 bits per heavy atom. The number of aryl methyl sites for hydroxylation is 1. The maximum absolute atomic E-state index is 12.6. The summed E-state index contributed by atoms with van der Waals surface area (Å²) in [6.07, 6.45) is 0. The van der Waals surface area contributed by atoms with Gasteiger partial charge in [0, 0.05) is 12.9 Å². The molecule has 0 aliphatic rings. The maximum atomic E-state index is 12.6. The molecule has 0 fully saturated rings. The van der Waals surface area contributed by atoms with E-state index in [4.69, 9.17) is 11.6 Å². The number of halogens is 1. The molecule has 2 aromatic rings. The van der Waals surface area contributed by atoms with Crippen LogP contribution in [0.25, 0.3) is 0 Å². The Hall–Kier alpha value is -1.52. The second-order valence-corrected chi connectivity index (χ2v) is 6.83. The Bertz CT molecular complexity index is 713. The minimum atomic E-state index is -3.57. The highest BCUT2D eigenvalue weighted by atomic mass is 35.5. The summed E-state index contributed by atoms with van der Waals surface area (Å²) in [5.74, 6) is 0.289. The third kappa shape index (κ3) is 2.97. The Morgan fingerprint density at radius 1 is 1.10 bits per heavy atom. The van der Waals surface area contributed by atoms with Gasteiger partial charge in [0.05, 0.1) is 10.6 Å². The van der Waals surface area contributed by atoms with E-state index in [-0.39, 0.29) is 10.8 Å². The van der Waals surface area contributed by atoms with Crippen LogP contribution in [0.2, 0.25) is 0 Å². The first-order valence-corrected chi connectivity index (χ1v) is 8.13. The fraction of sp³-hybridized carbons (Fsp3) is 0.200. The molecular weight excluding hydrogens is 294 g/mol. The van der Waals surface area contributed by atoms with E-state index in [1.165, 1.54) is 4.31 Å². The molecule has 0 saturated heterocycles. The van der Waals surface area contributed by atoms with Crippen molar-refractivity contribution in [2.75, 3.05) is 11.4 Å². The highest BCUT2D eigenvalue weighted by Gasteiger charge is 2.21. The largest absolute Gasteiger partial charge is 0.269 e. The monoisotopic (exact) mass is 309 g/mol. The number of benzene rings is 2. The van der Waals surface area contributed by atoms with E-state index < -0.39 is 10.0 Å². The first-order chi connectivity index (χ1) is 9.45. The van der Waals surface area contributed by atoms with Crippen LogP contribution < -0.4 is 4.31 Å². The zero-order valence-electron chi connectivity index (χ0n) is 11.4. The van der Waals surface area contributed by atoms with Crippen molar-refractivity contribution in [3.8, 4) is 0 Å². The number of hydrogen-bond acceptors (Lipinski definition) is 2. The first kappa shape index (κ1) is 14.9. The average Bonchev–Trinajstić information content (AvgIpc) is 2.46. The van der Waals surface area contributed by atoms with Crippen LogP contribution in [0.3, 0.4) is 0 Å². The second kappa shape index (κ2) is 5.85. The zero-order valence-corrected chi connectivity index (χ0v) is 12.9. The summed E-state index contributed by atoms with van der Waals surface area (Å²) >= 11 is 5.76. The second-order valence-electron chi connectivity index (χ2n) is 4.59. The van der Waals surface area contributed by atoms with Gasteiger partial charge in [0.1, 0.15) is 0 Å². The molecule has 0 amide bonds. The minimum absolute atomic E-state index is 0.250. The number of alkyl halides is 1. The van der Waals surface area contributed by atoms with Gasteiger partial charge in [0.25, 0.3) is 10.0 Å². The lowest BCUT2D eigenvalue weighted by Crippen LogP contribution is -2.26. The van der Waals surface area contributed by atoms with Crippen molar-refractivity contribution in [3.05, 3.63) is 59.7 Å². The van der Waals surface area contributed by atoms with Gasteiger partial charge < -0.3 is 0 Å². The van der Waals surface area contributed by atoms with Crippen molar-refractivity contribution in [1.29, 1.82) is 0 Å². The molecule has 0 aliphatic carbocycles. The molecule has 0 saturated carbocycles. The summed E-state index contributed by atoms with van der Waals surface area (Å²) < 4.78 is 26.5. The highest BCUT2D eigenvalue weighted by molar-refractivity contribution is 7.92. The number of nitrogens with zero attached hydrogens (tertiary/aromatic N) is 1. The van der Waals surface area contributed by atoms with Crippen LogP contribution in [0.15, 0.2) is 53.4 Å². The third-order valence-electron chi connectivity index (χ3n) is 3.08. The summed E-state index contributed by atoms with van der Waals surface area (Å²) in [4.78, 5) is 0.250. The molecule has 0 radical (unpaired) electrons. The maximum Gasteiger partial charge on any atom is 0.264 e. The highest BCUT2D eigenvalue weighted by Crippen LogP contribution is 2.23. The van der Waals surface area contributed by atoms with Gasteiger partial charge >= 0.3 is 0 Å². The molecular formula is C15H16ClNO2S. The van der Waals surface area contributed by atoms with Gasteiger partial charge in [-0.3, -0.25) is 4.31 Å². The van der Waals surface area contributed by atoms with Crippen LogP contribution in [0, 0.1) is 6.92 Å². The van der Waals surface area contributed by atoms with Crippen LogP contribution in [0.5, 0.6) is 0 Å². The molecule has 0 aliphatic heterocycles. The molecule has 20 heavy (non-hydrogen) atoms. The van der Waals surface area contributed by atoms with Crippen molar-refractivity contribution < 1.29 is 8.42 Å². The molecule has 0 unspecified atom stereocenters. The molecule has 5 heteroatoms. The number of anilines is 1. The van der Waals surface area contributed by atoms with E-state index in [9.17, 15) is 8.42 Å². The fourth-order valence-electron chi connectivity index (χ4n) is 1.91. The lowest BCUT2D eigenvalue weighted by atomic mass is 10.2.